The number of hydrogen-bond acceptors (Lipinski definition) is 4. The van der Waals surface area contributed by atoms with Gasteiger partial charge in [0.2, 0.25) is 0 Å². The number of hydrogen-bond donors (Lipinski definition) is 2. The van der Waals surface area contributed by atoms with Gasteiger partial charge in [0.25, 0.3) is 0 Å². The summed E-state index contributed by atoms with van der Waals surface area (Å²) >= 11 is 5.84. The van der Waals surface area contributed by atoms with E-state index in [1.165, 1.54) is 0 Å². The molecule has 7 heteroatoms. The summed E-state index contributed by atoms with van der Waals surface area (Å²) in [6.07, 6.45) is 0.648. The molecule has 0 aromatic heterocycles. The number of carbonyl (C=O) groups excluding carboxylic acids is 2. The summed E-state index contributed by atoms with van der Waals surface area (Å²) in [6.45, 7) is 1.32. The lowest BCUT2D eigenvalue weighted by Gasteiger charge is -2.09. The van der Waals surface area contributed by atoms with E-state index in [1.54, 1.807) is 43.5 Å². The number of ether oxygens (including phenoxy) is 2. The molecule has 138 valence electrons. The first kappa shape index (κ1) is 19.8. The van der Waals surface area contributed by atoms with Gasteiger partial charge in [0.15, 0.2) is 0 Å². The van der Waals surface area contributed by atoms with Gasteiger partial charge in [0, 0.05) is 31.0 Å². The Kier molecular flexibility index (Phi) is 7.92. The number of rotatable bonds is 8. The highest BCUT2D eigenvalue weighted by Gasteiger charge is 2.12. The summed E-state index contributed by atoms with van der Waals surface area (Å²) in [7, 11) is 1.58. The third-order valence-corrected chi connectivity index (χ3v) is 3.70. The third-order valence-electron chi connectivity index (χ3n) is 3.45. The first-order valence-corrected chi connectivity index (χ1v) is 8.51. The first-order valence-electron chi connectivity index (χ1n) is 8.14. The van der Waals surface area contributed by atoms with Crippen LogP contribution in [0.15, 0.2) is 48.5 Å². The van der Waals surface area contributed by atoms with Crippen molar-refractivity contribution in [2.75, 3.05) is 25.6 Å². The standard InChI is InChI=1S/C19H21ClN2O4/c1-25-12-2-11-21-18(23)19(24)22-16-7-9-17(10-8-16)26-13-14-3-5-15(20)6-4-14/h3-10H,2,11-13H2,1H3,(H,21,23)(H,22,24). The van der Waals surface area contributed by atoms with Crippen LogP contribution < -0.4 is 15.4 Å². The Hall–Kier alpha value is -2.57. The maximum absolute atomic E-state index is 11.8. The maximum Gasteiger partial charge on any atom is 0.313 e. The summed E-state index contributed by atoms with van der Waals surface area (Å²) in [5.74, 6) is -0.733. The fourth-order valence-electron chi connectivity index (χ4n) is 2.07. The van der Waals surface area contributed by atoms with Crippen LogP contribution in [-0.2, 0) is 20.9 Å². The molecule has 0 bridgehead atoms. The van der Waals surface area contributed by atoms with E-state index >= 15 is 0 Å². The van der Waals surface area contributed by atoms with Crippen LogP contribution in [0.5, 0.6) is 5.75 Å². The predicted molar refractivity (Wildman–Crippen MR) is 100 cm³/mol. The van der Waals surface area contributed by atoms with Crippen LogP contribution in [0.1, 0.15) is 12.0 Å². The molecule has 0 spiro atoms. The molecule has 0 saturated heterocycles. The molecule has 2 aromatic carbocycles. The number of halogens is 1. The molecule has 0 aliphatic heterocycles. The van der Waals surface area contributed by atoms with Gasteiger partial charge in [-0.15, -0.1) is 0 Å². The molecule has 0 saturated carbocycles. The minimum Gasteiger partial charge on any atom is -0.489 e. The highest BCUT2D eigenvalue weighted by Crippen LogP contribution is 2.18. The molecule has 0 atom stereocenters. The molecule has 0 unspecified atom stereocenters. The zero-order valence-electron chi connectivity index (χ0n) is 14.5. The summed E-state index contributed by atoms with van der Waals surface area (Å²) in [4.78, 5) is 23.5. The van der Waals surface area contributed by atoms with Crippen molar-refractivity contribution in [1.82, 2.24) is 5.32 Å². The van der Waals surface area contributed by atoms with E-state index in [0.717, 1.165) is 5.56 Å². The van der Waals surface area contributed by atoms with Crippen LogP contribution in [0.4, 0.5) is 5.69 Å². The molecule has 0 aliphatic carbocycles. The number of nitrogens with one attached hydrogen (secondary N) is 2. The highest BCUT2D eigenvalue weighted by atomic mass is 35.5. The van der Waals surface area contributed by atoms with Crippen molar-refractivity contribution in [1.29, 1.82) is 0 Å². The van der Waals surface area contributed by atoms with Crippen LogP contribution in [0.25, 0.3) is 0 Å². The number of methoxy groups -OCH3 is 1. The molecule has 26 heavy (non-hydrogen) atoms. The molecular formula is C19H21ClN2O4. The predicted octanol–water partition coefficient (Wildman–Crippen LogP) is 3.01. The lowest BCUT2D eigenvalue weighted by atomic mass is 10.2. The topological polar surface area (TPSA) is 76.7 Å². The average Bonchev–Trinajstić information content (AvgIpc) is 2.65. The van der Waals surface area contributed by atoms with Crippen LogP contribution in [-0.4, -0.2) is 32.1 Å². The smallest absolute Gasteiger partial charge is 0.313 e. The Morgan fingerprint density at radius 1 is 1.00 bits per heavy atom. The van der Waals surface area contributed by atoms with Crippen molar-refractivity contribution in [3.8, 4) is 5.75 Å². The Labute approximate surface area is 157 Å². The van der Waals surface area contributed by atoms with Gasteiger partial charge in [-0.3, -0.25) is 9.59 Å². The van der Waals surface area contributed by atoms with Crippen LogP contribution in [0.2, 0.25) is 5.02 Å². The molecule has 6 nitrogen and oxygen atoms in total. The van der Waals surface area contributed by atoms with E-state index in [9.17, 15) is 9.59 Å². The molecular weight excluding hydrogens is 356 g/mol. The second-order valence-electron chi connectivity index (χ2n) is 5.50. The third kappa shape index (κ3) is 6.74. The van der Waals surface area contributed by atoms with Gasteiger partial charge in [0.1, 0.15) is 12.4 Å². The van der Waals surface area contributed by atoms with Crippen molar-refractivity contribution in [2.24, 2.45) is 0 Å². The molecule has 0 heterocycles. The van der Waals surface area contributed by atoms with Crippen LogP contribution >= 0.6 is 11.6 Å². The van der Waals surface area contributed by atoms with Crippen molar-refractivity contribution in [2.45, 2.75) is 13.0 Å². The molecule has 2 aromatic rings. The molecule has 0 radical (unpaired) electrons. The summed E-state index contributed by atoms with van der Waals surface area (Å²) in [6, 6.07) is 14.2. The average molecular weight is 377 g/mol. The van der Waals surface area contributed by atoms with Crippen LogP contribution in [0, 0.1) is 0 Å². The summed E-state index contributed by atoms with van der Waals surface area (Å²) in [5, 5.41) is 5.74. The Morgan fingerprint density at radius 2 is 1.69 bits per heavy atom. The molecule has 0 fully saturated rings. The van der Waals surface area contributed by atoms with Crippen molar-refractivity contribution >= 4 is 29.1 Å². The van der Waals surface area contributed by atoms with Gasteiger partial charge in [0.05, 0.1) is 0 Å². The van der Waals surface area contributed by atoms with Crippen molar-refractivity contribution < 1.29 is 19.1 Å². The number of amides is 2. The Balaban J connectivity index is 1.78. The minimum atomic E-state index is -0.711. The summed E-state index contributed by atoms with van der Waals surface area (Å²) < 4.78 is 10.5. The monoisotopic (exact) mass is 376 g/mol. The van der Waals surface area contributed by atoms with E-state index < -0.39 is 11.8 Å². The molecule has 2 N–H and O–H groups in total. The molecule has 2 rings (SSSR count). The SMILES string of the molecule is COCCCNC(=O)C(=O)Nc1ccc(OCc2ccc(Cl)cc2)cc1. The van der Waals surface area contributed by atoms with E-state index in [4.69, 9.17) is 21.1 Å². The van der Waals surface area contributed by atoms with Gasteiger partial charge < -0.3 is 20.1 Å². The second-order valence-corrected chi connectivity index (χ2v) is 5.93. The van der Waals surface area contributed by atoms with Gasteiger partial charge in [-0.2, -0.15) is 0 Å². The van der Waals surface area contributed by atoms with E-state index in [2.05, 4.69) is 10.6 Å². The molecule has 0 aliphatic rings. The Bertz CT molecular complexity index is 717. The maximum atomic E-state index is 11.8. The number of carbonyl (C=O) groups is 2. The van der Waals surface area contributed by atoms with Crippen molar-refractivity contribution in [3.63, 3.8) is 0 Å². The normalized spacial score (nSPS) is 10.2. The number of benzene rings is 2. The first-order chi connectivity index (χ1) is 12.6. The van der Waals surface area contributed by atoms with Gasteiger partial charge in [-0.25, -0.2) is 0 Å². The van der Waals surface area contributed by atoms with Crippen molar-refractivity contribution in [3.05, 3.63) is 59.1 Å². The quantitative estimate of drug-likeness (QED) is 0.548. The van der Waals surface area contributed by atoms with E-state index in [-0.39, 0.29) is 0 Å². The van der Waals surface area contributed by atoms with Gasteiger partial charge >= 0.3 is 11.8 Å². The van der Waals surface area contributed by atoms with Gasteiger partial charge in [-0.05, 0) is 48.4 Å². The number of anilines is 1. The molecule has 2 amide bonds. The fourth-order valence-corrected chi connectivity index (χ4v) is 2.19. The summed E-state index contributed by atoms with van der Waals surface area (Å²) in [5.41, 5.74) is 1.51. The lowest BCUT2D eigenvalue weighted by molar-refractivity contribution is -0.136. The zero-order valence-corrected chi connectivity index (χ0v) is 15.2. The minimum absolute atomic E-state index is 0.386. The Morgan fingerprint density at radius 3 is 2.35 bits per heavy atom. The zero-order chi connectivity index (χ0) is 18.8. The largest absolute Gasteiger partial charge is 0.489 e. The van der Waals surface area contributed by atoms with Gasteiger partial charge in [-0.1, -0.05) is 23.7 Å². The lowest BCUT2D eigenvalue weighted by Crippen LogP contribution is -2.36. The van der Waals surface area contributed by atoms with Crippen LogP contribution in [0.3, 0.4) is 0 Å². The fraction of sp³-hybridized carbons (Fsp3) is 0.263. The van der Waals surface area contributed by atoms with E-state index in [1.807, 2.05) is 12.1 Å². The highest BCUT2D eigenvalue weighted by molar-refractivity contribution is 6.39. The van der Waals surface area contributed by atoms with E-state index in [0.29, 0.717) is 42.6 Å². The second kappa shape index (κ2) is 10.4.